The number of nitrogens with one attached hydrogen (secondary N) is 1. The lowest BCUT2D eigenvalue weighted by Gasteiger charge is -2.06. The minimum absolute atomic E-state index is 0.828. The third kappa shape index (κ3) is 3.70. The van der Waals surface area contributed by atoms with Crippen LogP contribution in [0.5, 0.6) is 0 Å². The van der Waals surface area contributed by atoms with Crippen molar-refractivity contribution in [3.05, 3.63) is 11.6 Å². The smallest absolute Gasteiger partial charge is 0.0313 e. The molecular formula is C11H19N. The Bertz CT molecular complexity index is 179. The predicted molar refractivity (Wildman–Crippen MR) is 53.8 cm³/mol. The van der Waals surface area contributed by atoms with E-state index in [1.807, 2.05) is 0 Å². The molecule has 1 heteroatoms. The first-order valence-electron chi connectivity index (χ1n) is 5.03. The molecule has 0 atom stereocenters. The van der Waals surface area contributed by atoms with Crippen molar-refractivity contribution in [3.63, 3.8) is 0 Å². The maximum absolute atomic E-state index is 7.65. The Kier molecular flexibility index (Phi) is 4.06. The third-order valence-corrected chi connectivity index (χ3v) is 2.44. The second-order valence-corrected chi connectivity index (χ2v) is 3.78. The number of hydrogen-bond acceptors (Lipinski definition) is 1. The minimum atomic E-state index is 0.828. The molecule has 0 radical (unpaired) electrons. The molecule has 0 aromatic heterocycles. The molecule has 0 aromatic carbocycles. The van der Waals surface area contributed by atoms with E-state index >= 15 is 0 Å². The zero-order chi connectivity index (χ0) is 8.81. The standard InChI is InChI=1S/C11H19N/c1-10-7-5-3-2-4-6-8-11(12)9-10/h9,12H,2-8H2,1H3/b10-9-,12-11?. The Hall–Kier alpha value is -0.590. The number of allylic oxidation sites excluding steroid dienone is 2. The van der Waals surface area contributed by atoms with Crippen molar-refractivity contribution in [2.45, 2.75) is 51.9 Å². The highest BCUT2D eigenvalue weighted by atomic mass is 14.4. The van der Waals surface area contributed by atoms with Gasteiger partial charge in [0.25, 0.3) is 0 Å². The van der Waals surface area contributed by atoms with Crippen LogP contribution in [0, 0.1) is 5.41 Å². The van der Waals surface area contributed by atoms with Gasteiger partial charge in [-0.05, 0) is 38.7 Å². The van der Waals surface area contributed by atoms with Crippen LogP contribution >= 0.6 is 0 Å². The molecule has 1 aliphatic carbocycles. The zero-order valence-corrected chi connectivity index (χ0v) is 8.03. The maximum Gasteiger partial charge on any atom is 0.0313 e. The highest BCUT2D eigenvalue weighted by Gasteiger charge is 1.99. The van der Waals surface area contributed by atoms with Gasteiger partial charge in [-0.2, -0.15) is 0 Å². The molecule has 1 aliphatic rings. The van der Waals surface area contributed by atoms with Crippen molar-refractivity contribution in [3.8, 4) is 0 Å². The van der Waals surface area contributed by atoms with Crippen molar-refractivity contribution >= 4 is 5.71 Å². The Labute approximate surface area is 75.4 Å². The van der Waals surface area contributed by atoms with E-state index in [-0.39, 0.29) is 0 Å². The third-order valence-electron chi connectivity index (χ3n) is 2.44. The fourth-order valence-electron chi connectivity index (χ4n) is 1.69. The summed E-state index contributed by atoms with van der Waals surface area (Å²) in [6.45, 7) is 2.15. The fraction of sp³-hybridized carbons (Fsp3) is 0.727. The number of rotatable bonds is 0. The van der Waals surface area contributed by atoms with Crippen molar-refractivity contribution in [1.82, 2.24) is 0 Å². The molecule has 0 saturated carbocycles. The average molecular weight is 165 g/mol. The van der Waals surface area contributed by atoms with E-state index in [0.29, 0.717) is 0 Å². The van der Waals surface area contributed by atoms with Gasteiger partial charge in [0.2, 0.25) is 0 Å². The summed E-state index contributed by atoms with van der Waals surface area (Å²) in [5, 5.41) is 7.65. The molecule has 1 nitrogen and oxygen atoms in total. The summed E-state index contributed by atoms with van der Waals surface area (Å²) < 4.78 is 0. The van der Waals surface area contributed by atoms with Crippen LogP contribution in [0.1, 0.15) is 51.9 Å². The van der Waals surface area contributed by atoms with Crippen LogP contribution in [0.25, 0.3) is 0 Å². The van der Waals surface area contributed by atoms with Crippen LogP contribution in [-0.2, 0) is 0 Å². The van der Waals surface area contributed by atoms with E-state index in [1.54, 1.807) is 0 Å². The Balaban J connectivity index is 2.46. The van der Waals surface area contributed by atoms with Crippen LogP contribution < -0.4 is 0 Å². The Morgan fingerprint density at radius 2 is 1.58 bits per heavy atom. The lowest BCUT2D eigenvalue weighted by Crippen LogP contribution is -1.95. The first-order valence-corrected chi connectivity index (χ1v) is 5.03. The lowest BCUT2D eigenvalue weighted by molar-refractivity contribution is 0.617. The molecule has 0 bridgehead atoms. The van der Waals surface area contributed by atoms with E-state index in [0.717, 1.165) is 12.1 Å². The van der Waals surface area contributed by atoms with Gasteiger partial charge in [-0.25, -0.2) is 0 Å². The van der Waals surface area contributed by atoms with Gasteiger partial charge < -0.3 is 5.41 Å². The van der Waals surface area contributed by atoms with Crippen molar-refractivity contribution in [2.75, 3.05) is 0 Å². The van der Waals surface area contributed by atoms with E-state index in [4.69, 9.17) is 5.41 Å². The van der Waals surface area contributed by atoms with Gasteiger partial charge in [-0.3, -0.25) is 0 Å². The summed E-state index contributed by atoms with van der Waals surface area (Å²) in [6, 6.07) is 0. The van der Waals surface area contributed by atoms with Crippen LogP contribution in [0.4, 0.5) is 0 Å². The largest absolute Gasteiger partial charge is 0.305 e. The molecule has 0 aliphatic heterocycles. The second kappa shape index (κ2) is 5.13. The lowest BCUT2D eigenvalue weighted by atomic mass is 10.0. The fourth-order valence-corrected chi connectivity index (χ4v) is 1.69. The Morgan fingerprint density at radius 3 is 2.33 bits per heavy atom. The summed E-state index contributed by atoms with van der Waals surface area (Å²) in [4.78, 5) is 0. The molecule has 68 valence electrons. The monoisotopic (exact) mass is 165 g/mol. The zero-order valence-electron chi connectivity index (χ0n) is 8.03. The van der Waals surface area contributed by atoms with Gasteiger partial charge in [0.15, 0.2) is 0 Å². The van der Waals surface area contributed by atoms with Crippen LogP contribution in [0.2, 0.25) is 0 Å². The highest BCUT2D eigenvalue weighted by Crippen LogP contribution is 2.14. The normalized spacial score (nSPS) is 26.1. The van der Waals surface area contributed by atoms with Gasteiger partial charge in [-0.15, -0.1) is 0 Å². The van der Waals surface area contributed by atoms with Crippen molar-refractivity contribution in [2.24, 2.45) is 0 Å². The topological polar surface area (TPSA) is 23.9 Å². The van der Waals surface area contributed by atoms with Crippen LogP contribution in [-0.4, -0.2) is 5.71 Å². The first-order chi connectivity index (χ1) is 5.79. The average Bonchev–Trinajstić information content (AvgIpc) is 2.02. The summed E-state index contributed by atoms with van der Waals surface area (Å²) in [6.07, 6.45) is 10.8. The number of hydrogen-bond donors (Lipinski definition) is 1. The Morgan fingerprint density at radius 1 is 1.00 bits per heavy atom. The summed E-state index contributed by atoms with van der Waals surface area (Å²) in [5.74, 6) is 0. The first kappa shape index (κ1) is 9.50. The molecule has 0 spiro atoms. The van der Waals surface area contributed by atoms with Crippen molar-refractivity contribution < 1.29 is 0 Å². The SMILES string of the molecule is C/C1=C/C(=N)CCCCCCC1. The molecule has 1 N–H and O–H groups in total. The van der Waals surface area contributed by atoms with Crippen molar-refractivity contribution in [1.29, 1.82) is 5.41 Å². The molecule has 0 amide bonds. The molecule has 12 heavy (non-hydrogen) atoms. The maximum atomic E-state index is 7.65. The van der Waals surface area contributed by atoms with E-state index in [1.165, 1.54) is 44.1 Å². The molecule has 0 saturated heterocycles. The molecular weight excluding hydrogens is 146 g/mol. The summed E-state index contributed by atoms with van der Waals surface area (Å²) in [7, 11) is 0. The van der Waals surface area contributed by atoms with Gasteiger partial charge in [0.1, 0.15) is 0 Å². The van der Waals surface area contributed by atoms with E-state index in [2.05, 4.69) is 13.0 Å². The van der Waals surface area contributed by atoms with E-state index in [9.17, 15) is 0 Å². The molecule has 0 unspecified atom stereocenters. The van der Waals surface area contributed by atoms with Crippen LogP contribution in [0.15, 0.2) is 11.6 Å². The van der Waals surface area contributed by atoms with Gasteiger partial charge in [0.05, 0.1) is 0 Å². The van der Waals surface area contributed by atoms with Gasteiger partial charge in [-0.1, -0.05) is 24.8 Å². The van der Waals surface area contributed by atoms with Gasteiger partial charge in [0, 0.05) is 5.71 Å². The quantitative estimate of drug-likeness (QED) is 0.566. The predicted octanol–water partition coefficient (Wildman–Crippen LogP) is 3.70. The highest BCUT2D eigenvalue weighted by molar-refractivity contribution is 5.92. The summed E-state index contributed by atoms with van der Waals surface area (Å²) in [5.41, 5.74) is 2.22. The van der Waals surface area contributed by atoms with Crippen LogP contribution in [0.3, 0.4) is 0 Å². The molecule has 0 aromatic rings. The minimum Gasteiger partial charge on any atom is -0.305 e. The second-order valence-electron chi connectivity index (χ2n) is 3.78. The molecule has 1 rings (SSSR count). The molecule has 0 fully saturated rings. The van der Waals surface area contributed by atoms with E-state index < -0.39 is 0 Å². The molecule has 0 heterocycles. The van der Waals surface area contributed by atoms with Gasteiger partial charge >= 0.3 is 0 Å². The summed E-state index contributed by atoms with van der Waals surface area (Å²) >= 11 is 0.